The molecule has 500 valence electrons. The molecule has 8 heterocycles. The third-order valence-corrected chi connectivity index (χ3v) is 34.4. The zero-order chi connectivity index (χ0) is 63.1. The molecule has 94 heavy (non-hydrogen) atoms. The van der Waals surface area contributed by atoms with Gasteiger partial charge in [0.25, 0.3) is 0 Å². The molecule has 21 rings (SSSR count). The maximum Gasteiger partial charge on any atom is 0.339 e. The van der Waals surface area contributed by atoms with E-state index in [1.807, 2.05) is 6.07 Å². The van der Waals surface area contributed by atoms with Crippen molar-refractivity contribution >= 4 is 17.7 Å². The molecule has 0 unspecified atom stereocenters. The van der Waals surface area contributed by atoms with Crippen molar-refractivity contribution in [1.29, 1.82) is 0 Å². The molecule has 4 N–H and O–H groups in total. The number of nitrogens with zero attached hydrogens (tertiary/aromatic N) is 1. The number of carbonyl (C=O) groups excluding carboxylic acids is 3. The molecule has 19 aliphatic rings. The van der Waals surface area contributed by atoms with E-state index in [-0.39, 0.29) is 89.6 Å². The monoisotopic (exact) mass is 1280 g/mol. The predicted octanol–water partition coefficient (Wildman–Crippen LogP) is 11.3. The largest absolute Gasteiger partial charge is 0.469 e. The van der Waals surface area contributed by atoms with Crippen LogP contribution in [0.25, 0.3) is 0 Å². The first-order chi connectivity index (χ1) is 45.6. The summed E-state index contributed by atoms with van der Waals surface area (Å²) >= 11 is 0. The zero-order valence-corrected chi connectivity index (χ0v) is 55.6. The van der Waals surface area contributed by atoms with Gasteiger partial charge in [-0.1, -0.05) is 93.9 Å². The summed E-state index contributed by atoms with van der Waals surface area (Å²) in [6, 6.07) is 13.3. The van der Waals surface area contributed by atoms with Crippen LogP contribution in [0.2, 0.25) is 0 Å². The van der Waals surface area contributed by atoms with Crippen molar-refractivity contribution in [2.45, 2.75) is 228 Å². The number of ketones is 1. The third-order valence-electron chi connectivity index (χ3n) is 34.4. The van der Waals surface area contributed by atoms with Gasteiger partial charge >= 0.3 is 11.9 Å². The quantitative estimate of drug-likeness (QED) is 0.0849. The van der Waals surface area contributed by atoms with E-state index in [2.05, 4.69) is 84.6 Å². The number of hydrogen-bond acceptors (Lipinski definition) is 13. The van der Waals surface area contributed by atoms with Crippen LogP contribution in [0.15, 0.2) is 71.0 Å². The van der Waals surface area contributed by atoms with Crippen molar-refractivity contribution in [3.8, 4) is 11.8 Å². The molecule has 29 atom stereocenters. The van der Waals surface area contributed by atoms with E-state index in [0.717, 1.165) is 121 Å². The summed E-state index contributed by atoms with van der Waals surface area (Å²) in [6.45, 7) is 6.42. The number of epoxide rings is 1. The van der Waals surface area contributed by atoms with Crippen molar-refractivity contribution in [3.63, 3.8) is 0 Å². The minimum atomic E-state index is -1.55. The molecule has 11 saturated carbocycles. The molecule has 8 spiro atoms. The maximum atomic E-state index is 18.2. The second-order valence-electron chi connectivity index (χ2n) is 36.6. The molecule has 0 amide bonds. The fraction of sp³-hybridized carbons (Fsp3) is 0.765. The van der Waals surface area contributed by atoms with Crippen LogP contribution in [0, 0.1) is 139 Å². The van der Waals surface area contributed by atoms with E-state index >= 15 is 19.5 Å². The smallest absolute Gasteiger partial charge is 0.339 e. The van der Waals surface area contributed by atoms with Gasteiger partial charge in [-0.2, -0.15) is 0 Å². The molecule has 12 aliphatic carbocycles. The van der Waals surface area contributed by atoms with Crippen LogP contribution < -0.4 is 5.32 Å². The van der Waals surface area contributed by atoms with Crippen LogP contribution in [0.1, 0.15) is 185 Å². The number of aliphatic hydroxyl groups is 3. The number of nitrogens with one attached hydrogen (secondary N) is 1. The first kappa shape index (κ1) is 58.7. The Kier molecular flexibility index (Phi) is 12.1. The summed E-state index contributed by atoms with van der Waals surface area (Å²) in [5.74, 6) is 7.82. The highest BCUT2D eigenvalue weighted by atomic mass is 16.7. The van der Waals surface area contributed by atoms with Crippen molar-refractivity contribution < 1.29 is 53.1 Å². The van der Waals surface area contributed by atoms with Gasteiger partial charge < -0.3 is 43.6 Å². The lowest BCUT2D eigenvalue weighted by Crippen LogP contribution is -2.84. The fourth-order valence-electron chi connectivity index (χ4n) is 31.8. The fourth-order valence-corrected chi connectivity index (χ4v) is 31.8. The zero-order valence-electron chi connectivity index (χ0n) is 55.6. The second kappa shape index (κ2) is 19.4. The number of fused-ring (bicyclic) bond motifs is 6. The van der Waals surface area contributed by atoms with Gasteiger partial charge in [0.05, 0.1) is 54.9 Å². The highest BCUT2D eigenvalue weighted by molar-refractivity contribution is 5.94. The Morgan fingerprint density at radius 1 is 0.862 bits per heavy atom. The van der Waals surface area contributed by atoms with Crippen molar-refractivity contribution in [3.05, 3.63) is 83.5 Å². The lowest BCUT2D eigenvalue weighted by atomic mass is 9.28. The lowest BCUT2D eigenvalue weighted by Gasteiger charge is -2.74. The van der Waals surface area contributed by atoms with Crippen LogP contribution in [-0.2, 0) is 51.8 Å². The summed E-state index contributed by atoms with van der Waals surface area (Å²) in [5, 5.41) is 42.3. The second-order valence-corrected chi connectivity index (χ2v) is 36.6. The number of allylic oxidation sites excluding steroid dienone is 1. The summed E-state index contributed by atoms with van der Waals surface area (Å²) in [6.07, 6.45) is 29.8. The van der Waals surface area contributed by atoms with Crippen LogP contribution in [0.5, 0.6) is 0 Å². The van der Waals surface area contributed by atoms with Gasteiger partial charge in [-0.3, -0.25) is 14.9 Å². The number of hydrogen-bond donors (Lipinski definition) is 4. The molecule has 5 saturated heterocycles. The van der Waals surface area contributed by atoms with E-state index in [4.69, 9.17) is 23.4 Å². The molecule has 7 aliphatic heterocycles. The average Bonchev–Trinajstić information content (AvgIpc) is 1.40. The molecule has 9 bridgehead atoms. The predicted molar refractivity (Wildman–Crippen MR) is 346 cm³/mol. The molecule has 13 nitrogen and oxygen atoms in total. The van der Waals surface area contributed by atoms with E-state index in [0.29, 0.717) is 61.2 Å². The Labute approximate surface area is 554 Å². The van der Waals surface area contributed by atoms with E-state index < -0.39 is 86.1 Å². The van der Waals surface area contributed by atoms with Crippen LogP contribution in [0.3, 0.4) is 0 Å². The van der Waals surface area contributed by atoms with Crippen LogP contribution in [0.4, 0.5) is 0 Å². The van der Waals surface area contributed by atoms with E-state index in [1.165, 1.54) is 49.7 Å². The SMILES string of the molecule is C[C@H]1[C@@H]2CCC[C@@H]2CC[C@@]12CCC[C@]13O[C@]45C(=C[C@H]21)C[C@H]1CC2(CCCC2)C[C@]12C[C@H]1C[C@]6(C)[C@]78O[C@@H]7C(=O)O[C@]6(c6ccoc6C[C@@H]([C@@H]6CC[C@@H]7[C@H](C=CN9CNC[C@@H]79)C6)[C@H](O)CO)CC#C[C@H]6CC[C@H](Cc7ccccc7)C[C@H]6[C@]86[C@H](O)C(=O)[C@H]3[C@@]4(COC(=O)[C@@H]25)[C@@H]16. The number of benzene rings is 1. The standard InChI is InChI=1S/C81H100N2O11/c1-45-55-15-8-13-48(55)20-28-74(45)25-10-26-77-63(74)35-53-34-54-39-73(23-6-7-24-73)42-75(54)38-52-37-72(2)78(58-22-30-90-62(58)36-57(61(85)41-84)50-18-19-56-51(33-50)21-29-83-44-82-40-60(56)83)27-9-14-49-17-16-47(31-46-11-4-3-5-12-46)32-59(49)79(81(72)69(92-81)71(89)93-78)65(52)76(66(77)64(86)68(79)87)43-91-70(88)67(75)80(53,76)94-77/h3-5,11-12,21-22,29-30,35,45,47-52,54-57,59-61,63,65-69,82,84-85,87H,6-8,10,13,15-20,23-28,31-34,36-44H2,1-2H3/t45-,47+,48+,49-,50+,51+,52+,54-,55-,56+,57-,59+,60-,61+,63+,65+,66-,67-,68+,69+,72-,74-,75+,76+,77-,78-,79-,80-,81+/m0/s1. The molecular formula is C81H100N2O11. The topological polar surface area (TPSA) is 181 Å². The highest BCUT2D eigenvalue weighted by Gasteiger charge is 3.01. The minimum absolute atomic E-state index is 0.0533. The molecule has 0 radical (unpaired) electrons. The Morgan fingerprint density at radius 3 is 2.60 bits per heavy atom. The first-order valence-corrected chi connectivity index (χ1v) is 38.3. The van der Waals surface area contributed by atoms with Crippen LogP contribution in [-0.4, -0.2) is 106 Å². The minimum Gasteiger partial charge on any atom is -0.469 e. The van der Waals surface area contributed by atoms with Gasteiger partial charge in [-0.05, 0) is 239 Å². The molecule has 1 aromatic heterocycles. The first-order valence-electron chi connectivity index (χ1n) is 38.3. The Bertz CT molecular complexity index is 3690. The van der Waals surface area contributed by atoms with Gasteiger partial charge in [-0.25, -0.2) is 4.79 Å². The number of aliphatic hydroxyl groups excluding tert-OH is 3. The maximum absolute atomic E-state index is 18.2. The number of Topliss-reactive ketones (excluding diaryl/α,β-unsaturated/α-hetero) is 1. The van der Waals surface area contributed by atoms with Gasteiger partial charge in [-0.15, -0.1) is 0 Å². The van der Waals surface area contributed by atoms with Gasteiger partial charge in [0.2, 0.25) is 0 Å². The van der Waals surface area contributed by atoms with Crippen LogP contribution >= 0.6 is 0 Å². The number of furan rings is 1. The van der Waals surface area contributed by atoms with Gasteiger partial charge in [0, 0.05) is 47.2 Å². The summed E-state index contributed by atoms with van der Waals surface area (Å²) in [5.41, 5.74) is -5.96. The number of cyclic esters (lactones) is 1. The van der Waals surface area contributed by atoms with E-state index in [1.54, 1.807) is 6.26 Å². The molecule has 16 fully saturated rings. The number of carbonyl (C=O) groups is 3. The summed E-state index contributed by atoms with van der Waals surface area (Å²) < 4.78 is 38.6. The Balaban J connectivity index is 0.795. The van der Waals surface area contributed by atoms with Gasteiger partial charge in [0.1, 0.15) is 29.7 Å². The average molecular weight is 1280 g/mol. The third kappa shape index (κ3) is 6.62. The molecule has 1 aromatic carbocycles. The Hall–Kier alpha value is -4.29. The number of rotatable bonds is 8. The Morgan fingerprint density at radius 2 is 1.73 bits per heavy atom. The molecule has 2 aromatic rings. The normalized spacial score (nSPS) is 53.7. The molecule has 13 heteroatoms. The summed E-state index contributed by atoms with van der Waals surface area (Å²) in [7, 11) is 0. The van der Waals surface area contributed by atoms with E-state index in [9.17, 15) is 10.2 Å². The van der Waals surface area contributed by atoms with Crippen molar-refractivity contribution in [2.75, 3.05) is 26.4 Å². The number of ether oxygens (including phenoxy) is 4. The summed E-state index contributed by atoms with van der Waals surface area (Å²) in [4.78, 5) is 53.5. The lowest BCUT2D eigenvalue weighted by molar-refractivity contribution is -0.315. The molecular weight excluding hydrogens is 1180 g/mol. The number of esters is 2. The van der Waals surface area contributed by atoms with Crippen molar-refractivity contribution in [2.24, 2.45) is 127 Å². The highest BCUT2D eigenvalue weighted by Crippen LogP contribution is 2.92. The van der Waals surface area contributed by atoms with Crippen molar-refractivity contribution in [1.82, 2.24) is 10.2 Å². The van der Waals surface area contributed by atoms with Gasteiger partial charge in [0.15, 0.2) is 17.5 Å².